The number of benzene rings is 1. The Bertz CT molecular complexity index is 576. The Hall–Kier alpha value is -1.84. The molecule has 0 radical (unpaired) electrons. The van der Waals surface area contributed by atoms with Crippen molar-refractivity contribution >= 4 is 17.5 Å². The van der Waals surface area contributed by atoms with Crippen molar-refractivity contribution in [1.82, 2.24) is 4.90 Å². The zero-order valence-corrected chi connectivity index (χ0v) is 14.1. The van der Waals surface area contributed by atoms with Crippen LogP contribution in [-0.2, 0) is 9.59 Å². The molecule has 0 spiro atoms. The summed E-state index contributed by atoms with van der Waals surface area (Å²) >= 11 is 0. The second kappa shape index (κ2) is 6.73. The molecule has 4 heteroatoms. The van der Waals surface area contributed by atoms with Crippen molar-refractivity contribution in [1.29, 1.82) is 0 Å². The van der Waals surface area contributed by atoms with Gasteiger partial charge in [-0.25, -0.2) is 0 Å². The number of anilines is 1. The first kappa shape index (κ1) is 16.0. The molecule has 1 aliphatic carbocycles. The lowest BCUT2D eigenvalue weighted by Crippen LogP contribution is -2.43. The van der Waals surface area contributed by atoms with E-state index in [4.69, 9.17) is 0 Å². The molecule has 2 fully saturated rings. The van der Waals surface area contributed by atoms with Crippen LogP contribution in [0.2, 0.25) is 0 Å². The van der Waals surface area contributed by atoms with Crippen LogP contribution in [0, 0.1) is 12.8 Å². The van der Waals surface area contributed by atoms with E-state index in [-0.39, 0.29) is 17.7 Å². The molecule has 1 heterocycles. The highest BCUT2D eigenvalue weighted by Crippen LogP contribution is 2.29. The zero-order valence-electron chi connectivity index (χ0n) is 14.1. The van der Waals surface area contributed by atoms with Crippen LogP contribution in [-0.4, -0.2) is 35.8 Å². The van der Waals surface area contributed by atoms with Crippen molar-refractivity contribution in [2.24, 2.45) is 5.92 Å². The van der Waals surface area contributed by atoms with E-state index in [1.165, 1.54) is 18.4 Å². The molecule has 124 valence electrons. The number of aryl methyl sites for hydroxylation is 1. The van der Waals surface area contributed by atoms with Crippen molar-refractivity contribution in [2.75, 3.05) is 18.0 Å². The average molecular weight is 314 g/mol. The highest BCUT2D eigenvalue weighted by Gasteiger charge is 2.38. The maximum atomic E-state index is 12.9. The van der Waals surface area contributed by atoms with Gasteiger partial charge in [0.2, 0.25) is 11.8 Å². The first-order valence-electron chi connectivity index (χ1n) is 8.77. The molecule has 1 atom stereocenters. The first-order chi connectivity index (χ1) is 11.1. The number of nitrogens with zero attached hydrogens (tertiary/aromatic N) is 2. The highest BCUT2D eigenvalue weighted by atomic mass is 16.2. The molecular formula is C19H26N2O2. The van der Waals surface area contributed by atoms with Gasteiger partial charge in [0.05, 0.1) is 5.92 Å². The summed E-state index contributed by atoms with van der Waals surface area (Å²) in [6.45, 7) is 5.34. The van der Waals surface area contributed by atoms with Gasteiger partial charge < -0.3 is 9.80 Å². The van der Waals surface area contributed by atoms with Crippen molar-refractivity contribution in [2.45, 2.75) is 52.0 Å². The van der Waals surface area contributed by atoms with Gasteiger partial charge in [-0.2, -0.15) is 0 Å². The Morgan fingerprint density at radius 3 is 2.48 bits per heavy atom. The van der Waals surface area contributed by atoms with Crippen molar-refractivity contribution in [3.8, 4) is 0 Å². The summed E-state index contributed by atoms with van der Waals surface area (Å²) < 4.78 is 0. The maximum absolute atomic E-state index is 12.9. The van der Waals surface area contributed by atoms with E-state index >= 15 is 0 Å². The first-order valence-corrected chi connectivity index (χ1v) is 8.77. The van der Waals surface area contributed by atoms with E-state index in [1.54, 1.807) is 4.90 Å². The number of carbonyl (C=O) groups excluding carboxylic acids is 2. The summed E-state index contributed by atoms with van der Waals surface area (Å²) in [6.07, 6.45) is 5.00. The van der Waals surface area contributed by atoms with Crippen LogP contribution in [0.4, 0.5) is 5.69 Å². The van der Waals surface area contributed by atoms with Crippen LogP contribution in [0.5, 0.6) is 0 Å². The smallest absolute Gasteiger partial charge is 0.228 e. The fourth-order valence-corrected chi connectivity index (χ4v) is 3.89. The number of carbonyl (C=O) groups is 2. The molecule has 1 saturated heterocycles. The Balaban J connectivity index is 1.70. The van der Waals surface area contributed by atoms with Gasteiger partial charge in [-0.1, -0.05) is 30.5 Å². The van der Waals surface area contributed by atoms with Gasteiger partial charge in [0.25, 0.3) is 0 Å². The molecule has 1 unspecified atom stereocenters. The predicted octanol–water partition coefficient (Wildman–Crippen LogP) is 3.14. The lowest BCUT2D eigenvalue weighted by molar-refractivity contribution is -0.137. The van der Waals surface area contributed by atoms with Crippen LogP contribution >= 0.6 is 0 Å². The third kappa shape index (κ3) is 3.26. The molecule has 23 heavy (non-hydrogen) atoms. The van der Waals surface area contributed by atoms with Gasteiger partial charge in [-0.3, -0.25) is 9.59 Å². The zero-order chi connectivity index (χ0) is 16.4. The Morgan fingerprint density at radius 1 is 1.22 bits per heavy atom. The molecule has 3 rings (SSSR count). The van der Waals surface area contributed by atoms with E-state index in [1.807, 2.05) is 43.0 Å². The third-order valence-corrected chi connectivity index (χ3v) is 5.21. The van der Waals surface area contributed by atoms with Crippen LogP contribution in [0.25, 0.3) is 0 Å². The molecule has 1 aliphatic heterocycles. The van der Waals surface area contributed by atoms with E-state index in [2.05, 4.69) is 0 Å². The second-order valence-corrected chi connectivity index (χ2v) is 6.80. The van der Waals surface area contributed by atoms with Crippen molar-refractivity contribution in [3.05, 3.63) is 29.8 Å². The van der Waals surface area contributed by atoms with E-state index in [0.29, 0.717) is 19.0 Å². The quantitative estimate of drug-likeness (QED) is 0.856. The van der Waals surface area contributed by atoms with Crippen LogP contribution in [0.15, 0.2) is 24.3 Å². The molecule has 4 nitrogen and oxygen atoms in total. The molecule has 0 bridgehead atoms. The Kier molecular flexibility index (Phi) is 4.69. The van der Waals surface area contributed by atoms with Gasteiger partial charge in [-0.05, 0) is 38.8 Å². The molecule has 0 N–H and O–H groups in total. The minimum absolute atomic E-state index is 0.0645. The van der Waals surface area contributed by atoms with Crippen molar-refractivity contribution in [3.63, 3.8) is 0 Å². The van der Waals surface area contributed by atoms with Crippen LogP contribution in [0.1, 0.15) is 44.6 Å². The van der Waals surface area contributed by atoms with Gasteiger partial charge in [0, 0.05) is 31.2 Å². The maximum Gasteiger partial charge on any atom is 0.228 e. The normalized spacial score (nSPS) is 21.9. The van der Waals surface area contributed by atoms with Gasteiger partial charge in [0.1, 0.15) is 0 Å². The fraction of sp³-hybridized carbons (Fsp3) is 0.579. The van der Waals surface area contributed by atoms with E-state index in [0.717, 1.165) is 25.1 Å². The largest absolute Gasteiger partial charge is 0.340 e. The fourth-order valence-electron chi connectivity index (χ4n) is 3.89. The molecule has 1 saturated carbocycles. The number of rotatable bonds is 4. The number of hydrogen-bond donors (Lipinski definition) is 0. The van der Waals surface area contributed by atoms with E-state index in [9.17, 15) is 9.59 Å². The van der Waals surface area contributed by atoms with E-state index < -0.39 is 0 Å². The topological polar surface area (TPSA) is 40.6 Å². The SMILES string of the molecule is CCN(C(=O)C1CC(=O)N(c2ccc(C)cc2)C1)C1CCCC1. The molecule has 1 aromatic rings. The monoisotopic (exact) mass is 314 g/mol. The minimum Gasteiger partial charge on any atom is -0.340 e. The summed E-state index contributed by atoms with van der Waals surface area (Å²) in [4.78, 5) is 29.0. The molecule has 2 amide bonds. The lowest BCUT2D eigenvalue weighted by atomic mass is 10.1. The third-order valence-electron chi connectivity index (χ3n) is 5.21. The highest BCUT2D eigenvalue weighted by molar-refractivity contribution is 6.00. The standard InChI is InChI=1S/C19H26N2O2/c1-3-20(16-6-4-5-7-16)19(23)15-12-18(22)21(13-15)17-10-8-14(2)9-11-17/h8-11,15-16H,3-7,12-13H2,1-2H3. The summed E-state index contributed by atoms with van der Waals surface area (Å²) in [7, 11) is 0. The van der Waals surface area contributed by atoms with Gasteiger partial charge >= 0.3 is 0 Å². The van der Waals surface area contributed by atoms with Gasteiger partial charge in [0.15, 0.2) is 0 Å². The lowest BCUT2D eigenvalue weighted by Gasteiger charge is -2.30. The van der Waals surface area contributed by atoms with Gasteiger partial charge in [-0.15, -0.1) is 0 Å². The molecular weight excluding hydrogens is 288 g/mol. The van der Waals surface area contributed by atoms with Crippen LogP contribution < -0.4 is 4.90 Å². The van der Waals surface area contributed by atoms with Crippen LogP contribution in [0.3, 0.4) is 0 Å². The minimum atomic E-state index is -0.190. The Morgan fingerprint density at radius 2 is 1.87 bits per heavy atom. The van der Waals surface area contributed by atoms with Crippen molar-refractivity contribution < 1.29 is 9.59 Å². The number of hydrogen-bond acceptors (Lipinski definition) is 2. The predicted molar refractivity (Wildman–Crippen MR) is 91.3 cm³/mol. The molecule has 1 aromatic carbocycles. The summed E-state index contributed by atoms with van der Waals surface area (Å²) in [6, 6.07) is 8.34. The number of amides is 2. The Labute approximate surface area is 138 Å². The summed E-state index contributed by atoms with van der Waals surface area (Å²) in [5.41, 5.74) is 2.08. The molecule has 0 aromatic heterocycles. The second-order valence-electron chi connectivity index (χ2n) is 6.80. The molecule has 2 aliphatic rings. The summed E-state index contributed by atoms with van der Waals surface area (Å²) in [5, 5.41) is 0. The average Bonchev–Trinajstić information content (AvgIpc) is 3.19. The summed E-state index contributed by atoms with van der Waals surface area (Å²) in [5.74, 6) is 0.0430.